The van der Waals surface area contributed by atoms with Crippen LogP contribution in [0.3, 0.4) is 0 Å². The smallest absolute Gasteiger partial charge is 0.154 e. The first-order chi connectivity index (χ1) is 8.59. The zero-order chi connectivity index (χ0) is 12.8. The van der Waals surface area contributed by atoms with Crippen LogP contribution in [-0.2, 0) is 12.0 Å². The minimum atomic E-state index is -0.134. The number of hydrogen-bond acceptors (Lipinski definition) is 3. The number of amidine groups is 1. The summed E-state index contributed by atoms with van der Waals surface area (Å²) in [4.78, 5) is 4.82. The molecule has 3 rings (SSSR count). The summed E-state index contributed by atoms with van der Waals surface area (Å²) in [5, 5.41) is 0.738. The molecule has 0 unspecified atom stereocenters. The van der Waals surface area contributed by atoms with Gasteiger partial charge in [0.05, 0.1) is 5.54 Å². The molecule has 1 aliphatic heterocycles. The summed E-state index contributed by atoms with van der Waals surface area (Å²) in [7, 11) is 0. The molecule has 0 amide bonds. The van der Waals surface area contributed by atoms with E-state index < -0.39 is 0 Å². The molecule has 0 bridgehead atoms. The van der Waals surface area contributed by atoms with Gasteiger partial charge in [-0.15, -0.1) is 0 Å². The molecular weight excluding hydrogens is 308 g/mol. The largest absolute Gasteiger partial charge is 0.379 e. The van der Waals surface area contributed by atoms with E-state index in [9.17, 15) is 0 Å². The van der Waals surface area contributed by atoms with Gasteiger partial charge in [0.2, 0.25) is 0 Å². The molecule has 96 valence electrons. The van der Waals surface area contributed by atoms with Crippen molar-refractivity contribution in [2.75, 3.05) is 5.75 Å². The van der Waals surface area contributed by atoms with E-state index in [1.54, 1.807) is 11.8 Å². The number of aryl methyl sites for hydroxylation is 1. The Kier molecular flexibility index (Phi) is 3.18. The number of benzene rings is 1. The molecule has 4 heteroatoms. The zero-order valence-corrected chi connectivity index (χ0v) is 12.9. The first-order valence-corrected chi connectivity index (χ1v) is 8.14. The van der Waals surface area contributed by atoms with Crippen molar-refractivity contribution in [2.24, 2.45) is 16.6 Å². The van der Waals surface area contributed by atoms with Crippen LogP contribution in [0.5, 0.6) is 0 Å². The Morgan fingerprint density at radius 1 is 1.50 bits per heavy atom. The number of fused-ring (bicyclic) bond motifs is 3. The molecule has 0 aromatic heterocycles. The molecule has 1 aromatic carbocycles. The van der Waals surface area contributed by atoms with Gasteiger partial charge in [0.15, 0.2) is 5.17 Å². The lowest BCUT2D eigenvalue weighted by Crippen LogP contribution is -2.37. The van der Waals surface area contributed by atoms with Crippen LogP contribution in [0.4, 0.5) is 0 Å². The number of hydrogen-bond donors (Lipinski definition) is 1. The van der Waals surface area contributed by atoms with Crippen molar-refractivity contribution in [3.63, 3.8) is 0 Å². The SMILES string of the molecule is C[C@]12N=C(N)SC[C@H]1CCCc1ccc(Br)cc12. The third kappa shape index (κ3) is 1.99. The molecule has 2 aliphatic rings. The van der Waals surface area contributed by atoms with E-state index in [1.807, 2.05) is 0 Å². The Bertz CT molecular complexity index is 515. The molecule has 18 heavy (non-hydrogen) atoms. The van der Waals surface area contributed by atoms with Gasteiger partial charge in [-0.3, -0.25) is 4.99 Å². The average molecular weight is 325 g/mol. The van der Waals surface area contributed by atoms with E-state index in [1.165, 1.54) is 24.0 Å². The van der Waals surface area contributed by atoms with E-state index >= 15 is 0 Å². The highest BCUT2D eigenvalue weighted by atomic mass is 79.9. The molecule has 0 saturated carbocycles. The molecule has 0 spiro atoms. The van der Waals surface area contributed by atoms with E-state index in [4.69, 9.17) is 10.7 Å². The molecule has 0 fully saturated rings. The number of thioether (sulfide) groups is 1. The maximum Gasteiger partial charge on any atom is 0.154 e. The minimum Gasteiger partial charge on any atom is -0.379 e. The van der Waals surface area contributed by atoms with E-state index in [0.717, 1.165) is 21.8 Å². The molecule has 2 nitrogen and oxygen atoms in total. The Labute approximate surface area is 121 Å². The van der Waals surface area contributed by atoms with Gasteiger partial charge >= 0.3 is 0 Å². The second-order valence-corrected chi connectivity index (χ2v) is 7.26. The fraction of sp³-hybridized carbons (Fsp3) is 0.500. The predicted molar refractivity (Wildman–Crippen MR) is 82.0 cm³/mol. The van der Waals surface area contributed by atoms with Crippen molar-refractivity contribution < 1.29 is 0 Å². The fourth-order valence-corrected chi connectivity index (χ4v) is 4.60. The monoisotopic (exact) mass is 324 g/mol. The van der Waals surface area contributed by atoms with E-state index in [2.05, 4.69) is 41.1 Å². The highest BCUT2D eigenvalue weighted by molar-refractivity contribution is 9.10. The lowest BCUT2D eigenvalue weighted by Gasteiger charge is -2.37. The minimum absolute atomic E-state index is 0.134. The van der Waals surface area contributed by atoms with Crippen molar-refractivity contribution in [1.29, 1.82) is 0 Å². The fourth-order valence-electron chi connectivity index (χ4n) is 3.12. The molecule has 2 atom stereocenters. The van der Waals surface area contributed by atoms with Gasteiger partial charge in [0, 0.05) is 10.2 Å². The van der Waals surface area contributed by atoms with Crippen LogP contribution in [0.15, 0.2) is 27.7 Å². The van der Waals surface area contributed by atoms with Gasteiger partial charge in [0.1, 0.15) is 0 Å². The predicted octanol–water partition coefficient (Wildman–Crippen LogP) is 3.68. The number of nitrogens with zero attached hydrogens (tertiary/aromatic N) is 1. The standard InChI is InChI=1S/C14H17BrN2S/c1-14-10(8-18-13(16)17-14)4-2-3-9-5-6-11(15)7-12(9)14/h5-7,10H,2-4,8H2,1H3,(H2,16,17)/t10-,14+/m1/s1. The molecule has 1 aliphatic carbocycles. The number of nitrogens with two attached hydrogens (primary N) is 1. The van der Waals surface area contributed by atoms with Crippen LogP contribution in [0.25, 0.3) is 0 Å². The van der Waals surface area contributed by atoms with Crippen LogP contribution in [0.2, 0.25) is 0 Å². The second kappa shape index (κ2) is 4.57. The Morgan fingerprint density at radius 3 is 3.17 bits per heavy atom. The second-order valence-electron chi connectivity index (χ2n) is 5.30. The Balaban J connectivity index is 2.19. The van der Waals surface area contributed by atoms with Crippen molar-refractivity contribution in [3.05, 3.63) is 33.8 Å². The summed E-state index contributed by atoms with van der Waals surface area (Å²) in [6.07, 6.45) is 3.66. The van der Waals surface area contributed by atoms with Gasteiger partial charge < -0.3 is 5.73 Å². The van der Waals surface area contributed by atoms with E-state index in [0.29, 0.717) is 5.92 Å². The highest BCUT2D eigenvalue weighted by Crippen LogP contribution is 2.46. The van der Waals surface area contributed by atoms with Gasteiger partial charge in [-0.25, -0.2) is 0 Å². The summed E-state index contributed by atoms with van der Waals surface area (Å²) >= 11 is 5.29. The normalized spacial score (nSPS) is 31.0. The van der Waals surface area contributed by atoms with Gasteiger partial charge in [-0.2, -0.15) is 0 Å². The number of aliphatic imine (C=N–C) groups is 1. The van der Waals surface area contributed by atoms with Gasteiger partial charge in [-0.1, -0.05) is 33.8 Å². The van der Waals surface area contributed by atoms with Crippen molar-refractivity contribution >= 4 is 32.9 Å². The molecular formula is C14H17BrN2S. The lowest BCUT2D eigenvalue weighted by molar-refractivity contribution is 0.317. The number of rotatable bonds is 0. The highest BCUT2D eigenvalue weighted by Gasteiger charge is 2.41. The molecule has 2 N–H and O–H groups in total. The van der Waals surface area contributed by atoms with Crippen LogP contribution in [-0.4, -0.2) is 10.9 Å². The maximum absolute atomic E-state index is 5.97. The third-order valence-corrected chi connectivity index (χ3v) is 5.64. The van der Waals surface area contributed by atoms with Crippen molar-refractivity contribution in [3.8, 4) is 0 Å². The van der Waals surface area contributed by atoms with Crippen molar-refractivity contribution in [1.82, 2.24) is 0 Å². The molecule has 1 aromatic rings. The third-order valence-electron chi connectivity index (χ3n) is 4.19. The topological polar surface area (TPSA) is 38.4 Å². The lowest BCUT2D eigenvalue weighted by atomic mass is 9.79. The van der Waals surface area contributed by atoms with Crippen LogP contribution in [0, 0.1) is 5.92 Å². The van der Waals surface area contributed by atoms with Crippen LogP contribution in [0.1, 0.15) is 30.9 Å². The van der Waals surface area contributed by atoms with Crippen LogP contribution >= 0.6 is 27.7 Å². The van der Waals surface area contributed by atoms with E-state index in [-0.39, 0.29) is 5.54 Å². The molecule has 1 heterocycles. The summed E-state index contributed by atoms with van der Waals surface area (Å²) in [5.41, 5.74) is 8.64. The summed E-state index contributed by atoms with van der Waals surface area (Å²) < 4.78 is 1.13. The first kappa shape index (κ1) is 12.5. The average Bonchev–Trinajstić information content (AvgIpc) is 2.46. The van der Waals surface area contributed by atoms with Crippen molar-refractivity contribution in [2.45, 2.75) is 31.7 Å². The summed E-state index contributed by atoms with van der Waals surface area (Å²) in [5.74, 6) is 1.70. The maximum atomic E-state index is 5.97. The molecule has 0 saturated heterocycles. The molecule has 0 radical (unpaired) electrons. The Hall–Kier alpha value is -0.480. The Morgan fingerprint density at radius 2 is 2.33 bits per heavy atom. The quantitative estimate of drug-likeness (QED) is 0.790. The zero-order valence-electron chi connectivity index (χ0n) is 10.4. The summed E-state index contributed by atoms with van der Waals surface area (Å²) in [6.45, 7) is 2.25. The number of halogens is 1. The van der Waals surface area contributed by atoms with Crippen LogP contribution < -0.4 is 5.73 Å². The first-order valence-electron chi connectivity index (χ1n) is 6.36. The van der Waals surface area contributed by atoms with Gasteiger partial charge in [-0.05, 0) is 55.4 Å². The summed E-state index contributed by atoms with van der Waals surface area (Å²) in [6, 6.07) is 6.61. The van der Waals surface area contributed by atoms with Gasteiger partial charge in [0.25, 0.3) is 0 Å².